The Balaban J connectivity index is 1.68. The van der Waals surface area contributed by atoms with E-state index in [4.69, 9.17) is 0 Å². The van der Waals surface area contributed by atoms with Crippen LogP contribution in [0.5, 0.6) is 0 Å². The molecule has 3 N–H and O–H groups in total. The van der Waals surface area contributed by atoms with Gasteiger partial charge in [0, 0.05) is 23.5 Å². The summed E-state index contributed by atoms with van der Waals surface area (Å²) in [5, 5.41) is 30.3. The van der Waals surface area contributed by atoms with Crippen molar-refractivity contribution in [2.24, 2.45) is 29.1 Å². The van der Waals surface area contributed by atoms with Crippen molar-refractivity contribution in [2.45, 2.75) is 104 Å². The molecule has 0 bridgehead atoms. The number of hydrogen-bond donors (Lipinski definition) is 3. The van der Waals surface area contributed by atoms with Crippen molar-refractivity contribution in [1.29, 1.82) is 0 Å². The van der Waals surface area contributed by atoms with Gasteiger partial charge in [0.2, 0.25) is 0 Å². The van der Waals surface area contributed by atoms with E-state index in [9.17, 15) is 15.3 Å². The minimum atomic E-state index is -0.607. The lowest BCUT2D eigenvalue weighted by Gasteiger charge is -2.42. The maximum absolute atomic E-state index is 10.2. The van der Waals surface area contributed by atoms with E-state index in [1.54, 1.807) is 0 Å². The maximum atomic E-state index is 10.2. The van der Waals surface area contributed by atoms with Gasteiger partial charge >= 0.3 is 0 Å². The number of allylic oxidation sites excluding steroid dienone is 2. The molecule has 0 aromatic carbocycles. The summed E-state index contributed by atoms with van der Waals surface area (Å²) < 4.78 is 0. The minimum absolute atomic E-state index is 0.124. The van der Waals surface area contributed by atoms with Crippen LogP contribution in [0.15, 0.2) is 23.3 Å². The molecule has 0 aromatic rings. The number of hydrogen-bond acceptors (Lipinski definition) is 3. The van der Waals surface area contributed by atoms with Crippen molar-refractivity contribution >= 4 is 0 Å². The predicted molar refractivity (Wildman–Crippen MR) is 123 cm³/mol. The van der Waals surface area contributed by atoms with Gasteiger partial charge < -0.3 is 15.3 Å². The Kier molecular flexibility index (Phi) is 7.22. The van der Waals surface area contributed by atoms with Gasteiger partial charge in [0.15, 0.2) is 0 Å². The Bertz CT molecular complexity index is 731. The van der Waals surface area contributed by atoms with Crippen LogP contribution in [0.4, 0.5) is 0 Å². The highest BCUT2D eigenvalue weighted by atomic mass is 16.3. The van der Waals surface area contributed by atoms with Gasteiger partial charge in [0.05, 0.1) is 17.8 Å². The van der Waals surface area contributed by atoms with Crippen LogP contribution < -0.4 is 0 Å². The van der Waals surface area contributed by atoms with Gasteiger partial charge in [0.1, 0.15) is 0 Å². The Morgan fingerprint density at radius 1 is 1.23 bits per heavy atom. The predicted octanol–water partition coefficient (Wildman–Crippen LogP) is 5.01. The third-order valence-electron chi connectivity index (χ3n) is 8.28. The van der Waals surface area contributed by atoms with E-state index in [1.165, 1.54) is 31.3 Å². The Morgan fingerprint density at radius 3 is 2.63 bits per heavy atom. The Hall–Kier alpha value is -1.08. The van der Waals surface area contributed by atoms with Crippen LogP contribution in [-0.4, -0.2) is 33.1 Å². The summed E-state index contributed by atoms with van der Waals surface area (Å²) in [7, 11) is 0. The van der Waals surface area contributed by atoms with Crippen LogP contribution in [-0.2, 0) is 0 Å². The summed E-state index contributed by atoms with van der Waals surface area (Å²) in [4.78, 5) is 0. The molecular formula is C27H42O3. The molecule has 0 aromatic heterocycles. The molecule has 0 aliphatic heterocycles. The molecule has 168 valence electrons. The van der Waals surface area contributed by atoms with Crippen LogP contribution in [0.1, 0.15) is 86.0 Å². The zero-order valence-corrected chi connectivity index (χ0v) is 19.6. The van der Waals surface area contributed by atoms with Gasteiger partial charge in [-0.25, -0.2) is 0 Å². The van der Waals surface area contributed by atoms with Crippen LogP contribution in [0.2, 0.25) is 0 Å². The number of fused-ring (bicyclic) bond motifs is 1. The van der Waals surface area contributed by atoms with E-state index in [-0.39, 0.29) is 5.92 Å². The van der Waals surface area contributed by atoms with E-state index >= 15 is 0 Å². The largest absolute Gasteiger partial charge is 0.392 e. The third-order valence-corrected chi connectivity index (χ3v) is 8.28. The molecular weight excluding hydrogens is 372 g/mol. The molecule has 0 saturated heterocycles. The first-order valence-electron chi connectivity index (χ1n) is 12.0. The van der Waals surface area contributed by atoms with Crippen LogP contribution in [0, 0.1) is 40.9 Å². The molecule has 3 aliphatic rings. The number of aliphatic hydroxyl groups is 3. The molecule has 3 nitrogen and oxygen atoms in total. The molecule has 3 rings (SSSR count). The highest BCUT2D eigenvalue weighted by Crippen LogP contribution is 2.58. The van der Waals surface area contributed by atoms with Crippen molar-refractivity contribution in [3.8, 4) is 11.8 Å². The maximum Gasteiger partial charge on any atom is 0.0783 e. The molecule has 7 atom stereocenters. The normalized spacial score (nSPS) is 37.5. The first-order valence-corrected chi connectivity index (χ1v) is 12.0. The molecule has 3 heteroatoms. The van der Waals surface area contributed by atoms with Crippen molar-refractivity contribution in [3.05, 3.63) is 23.3 Å². The van der Waals surface area contributed by atoms with Crippen LogP contribution in [0.3, 0.4) is 0 Å². The monoisotopic (exact) mass is 414 g/mol. The summed E-state index contributed by atoms with van der Waals surface area (Å²) in [6.45, 7) is 10.6. The average molecular weight is 415 g/mol. The standard InChI is InChI=1S/C27H42O3/c1-18(8-6-14-26(3,4)30)22-12-13-23-21(9-7-15-27(22,23)5)11-10-20-16-24(28)19(2)25(29)17-20/h9,16,18-19,22-25,28-30H,6-8,12-15,17H2,1-5H3/t18-,19-,22-,23-,24-,25-,27-/m1/s1. The van der Waals surface area contributed by atoms with E-state index in [0.29, 0.717) is 29.6 Å². The molecule has 1 fully saturated rings. The fourth-order valence-corrected chi connectivity index (χ4v) is 6.26. The minimum Gasteiger partial charge on any atom is -0.392 e. The molecule has 0 heterocycles. The van der Waals surface area contributed by atoms with Gasteiger partial charge in [-0.2, -0.15) is 0 Å². The Labute approximate surface area is 183 Å². The first kappa shape index (κ1) is 23.6. The average Bonchev–Trinajstić information content (AvgIpc) is 3.00. The fraction of sp³-hybridized carbons (Fsp3) is 0.778. The highest BCUT2D eigenvalue weighted by Gasteiger charge is 2.50. The van der Waals surface area contributed by atoms with Gasteiger partial charge in [-0.3, -0.25) is 0 Å². The lowest BCUT2D eigenvalue weighted by molar-refractivity contribution is 0.0369. The highest BCUT2D eigenvalue weighted by molar-refractivity contribution is 5.43. The second-order valence-electron chi connectivity index (χ2n) is 11.2. The molecule has 0 spiro atoms. The molecule has 0 unspecified atom stereocenters. The molecule has 3 aliphatic carbocycles. The van der Waals surface area contributed by atoms with E-state index in [0.717, 1.165) is 24.8 Å². The fourth-order valence-electron chi connectivity index (χ4n) is 6.26. The molecule has 0 radical (unpaired) electrons. The first-order chi connectivity index (χ1) is 14.0. The lowest BCUT2D eigenvalue weighted by Crippen LogP contribution is -2.35. The van der Waals surface area contributed by atoms with Gasteiger partial charge in [-0.15, -0.1) is 0 Å². The van der Waals surface area contributed by atoms with Crippen molar-refractivity contribution in [3.63, 3.8) is 0 Å². The van der Waals surface area contributed by atoms with Gasteiger partial charge in [0.25, 0.3) is 0 Å². The summed E-state index contributed by atoms with van der Waals surface area (Å²) in [5.74, 6) is 8.53. The van der Waals surface area contributed by atoms with E-state index in [1.807, 2.05) is 26.8 Å². The lowest BCUT2D eigenvalue weighted by atomic mass is 9.62. The van der Waals surface area contributed by atoms with Crippen molar-refractivity contribution < 1.29 is 15.3 Å². The summed E-state index contributed by atoms with van der Waals surface area (Å²) in [6.07, 6.45) is 11.5. The van der Waals surface area contributed by atoms with Gasteiger partial charge in [-0.05, 0) is 75.2 Å². The zero-order chi connectivity index (χ0) is 22.1. The molecule has 30 heavy (non-hydrogen) atoms. The number of rotatable bonds is 5. The topological polar surface area (TPSA) is 60.7 Å². The SMILES string of the molecule is C[C@@H]1[C@H](O)C=C(C#CC2=CCC[C@@]3(C)[C@@H]2CC[C@@H]3[C@H](C)CCCC(C)(C)O)C[C@H]1O. The van der Waals surface area contributed by atoms with Crippen LogP contribution in [0.25, 0.3) is 0 Å². The van der Waals surface area contributed by atoms with Crippen LogP contribution >= 0.6 is 0 Å². The summed E-state index contributed by atoms with van der Waals surface area (Å²) in [5.41, 5.74) is 1.89. The summed E-state index contributed by atoms with van der Waals surface area (Å²) in [6, 6.07) is 0. The summed E-state index contributed by atoms with van der Waals surface area (Å²) >= 11 is 0. The second kappa shape index (κ2) is 9.19. The smallest absolute Gasteiger partial charge is 0.0783 e. The zero-order valence-electron chi connectivity index (χ0n) is 19.6. The number of aliphatic hydroxyl groups excluding tert-OH is 2. The second-order valence-corrected chi connectivity index (χ2v) is 11.2. The van der Waals surface area contributed by atoms with E-state index in [2.05, 4.69) is 31.8 Å². The van der Waals surface area contributed by atoms with Gasteiger partial charge in [-0.1, -0.05) is 51.5 Å². The van der Waals surface area contributed by atoms with E-state index < -0.39 is 17.8 Å². The Morgan fingerprint density at radius 2 is 1.97 bits per heavy atom. The molecule has 1 saturated carbocycles. The molecule has 0 amide bonds. The quantitative estimate of drug-likeness (QED) is 0.554. The van der Waals surface area contributed by atoms with Crippen molar-refractivity contribution in [2.75, 3.05) is 0 Å². The third kappa shape index (κ3) is 5.21. The van der Waals surface area contributed by atoms with Crippen molar-refractivity contribution in [1.82, 2.24) is 0 Å².